The van der Waals surface area contributed by atoms with Crippen LogP contribution in [0.25, 0.3) is 0 Å². The fourth-order valence-corrected chi connectivity index (χ4v) is 2.00. The lowest BCUT2D eigenvalue weighted by Gasteiger charge is -2.11. The van der Waals surface area contributed by atoms with E-state index < -0.39 is 17.6 Å². The minimum atomic E-state index is -0.866. The first-order chi connectivity index (χ1) is 11.5. The molecule has 6 nitrogen and oxygen atoms in total. The van der Waals surface area contributed by atoms with Crippen molar-refractivity contribution in [3.63, 3.8) is 0 Å². The zero-order valence-corrected chi connectivity index (χ0v) is 13.4. The number of nitrogens with one attached hydrogen (secondary N) is 2. The lowest BCUT2D eigenvalue weighted by Crippen LogP contribution is -2.35. The number of anilines is 1. The van der Waals surface area contributed by atoms with Crippen molar-refractivity contribution in [3.8, 4) is 5.75 Å². The summed E-state index contributed by atoms with van der Waals surface area (Å²) in [5.74, 6) is -2.01. The molecule has 0 saturated heterocycles. The molecule has 2 N–H and O–H groups in total. The summed E-state index contributed by atoms with van der Waals surface area (Å²) in [6.45, 7) is 4.01. The van der Waals surface area contributed by atoms with E-state index in [-0.39, 0.29) is 18.0 Å². The Bertz CT molecular complexity index is 750. The number of amides is 2. The Hall–Kier alpha value is -2.96. The Labute approximate surface area is 139 Å². The molecule has 2 amide bonds. The average Bonchev–Trinajstić information content (AvgIpc) is 2.55. The second kappa shape index (κ2) is 8.05. The molecule has 1 aromatic carbocycles. The first-order valence-corrected chi connectivity index (χ1v) is 7.43. The van der Waals surface area contributed by atoms with Crippen LogP contribution in [0.2, 0.25) is 0 Å². The lowest BCUT2D eigenvalue weighted by molar-refractivity contribution is -0.136. The molecule has 7 heteroatoms. The Morgan fingerprint density at radius 1 is 1.21 bits per heavy atom. The van der Waals surface area contributed by atoms with E-state index in [0.29, 0.717) is 12.3 Å². The van der Waals surface area contributed by atoms with Crippen LogP contribution >= 0.6 is 0 Å². The van der Waals surface area contributed by atoms with E-state index in [1.54, 1.807) is 13.0 Å². The topological polar surface area (TPSA) is 80.3 Å². The van der Waals surface area contributed by atoms with Gasteiger partial charge in [0, 0.05) is 11.8 Å². The third-order valence-corrected chi connectivity index (χ3v) is 3.07. The van der Waals surface area contributed by atoms with Gasteiger partial charge < -0.3 is 15.4 Å². The minimum Gasteiger partial charge on any atom is -0.492 e. The van der Waals surface area contributed by atoms with E-state index in [4.69, 9.17) is 4.74 Å². The van der Waals surface area contributed by atoms with Gasteiger partial charge in [-0.2, -0.15) is 0 Å². The number of pyridine rings is 1. The van der Waals surface area contributed by atoms with E-state index in [1.807, 2.05) is 19.1 Å². The molecule has 0 bridgehead atoms. The highest BCUT2D eigenvalue weighted by Gasteiger charge is 2.16. The van der Waals surface area contributed by atoms with E-state index in [9.17, 15) is 14.0 Å². The zero-order valence-electron chi connectivity index (χ0n) is 13.4. The zero-order chi connectivity index (χ0) is 17.5. The number of aryl methyl sites for hydroxylation is 1. The number of carbonyl (C=O) groups excluding carboxylic acids is 2. The predicted octanol–water partition coefficient (Wildman–Crippen LogP) is 2.18. The number of hydrogen-bond donors (Lipinski definition) is 2. The molecule has 0 aliphatic heterocycles. The van der Waals surface area contributed by atoms with Crippen molar-refractivity contribution in [1.82, 2.24) is 10.3 Å². The van der Waals surface area contributed by atoms with Gasteiger partial charge in [-0.15, -0.1) is 0 Å². The van der Waals surface area contributed by atoms with Crippen molar-refractivity contribution >= 4 is 17.5 Å². The summed E-state index contributed by atoms with van der Waals surface area (Å²) < 4.78 is 18.5. The number of rotatable bonds is 5. The molecule has 2 aromatic rings. The number of benzene rings is 1. The number of hydrogen-bond acceptors (Lipinski definition) is 4. The summed E-state index contributed by atoms with van der Waals surface area (Å²) in [4.78, 5) is 28.1. The fourth-order valence-electron chi connectivity index (χ4n) is 2.00. The Balaban J connectivity index is 1.98. The number of nitrogens with zero attached hydrogens (tertiary/aromatic N) is 1. The van der Waals surface area contributed by atoms with Crippen LogP contribution in [0.4, 0.5) is 10.1 Å². The highest BCUT2D eigenvalue weighted by Crippen LogP contribution is 2.25. The van der Waals surface area contributed by atoms with E-state index in [2.05, 4.69) is 15.6 Å². The molecular formula is C17H18FN3O3. The van der Waals surface area contributed by atoms with Gasteiger partial charge in [-0.3, -0.25) is 14.6 Å². The third kappa shape index (κ3) is 4.77. The van der Waals surface area contributed by atoms with E-state index in [1.165, 1.54) is 12.1 Å². The molecule has 0 unspecified atom stereocenters. The Kier molecular flexibility index (Phi) is 5.83. The fraction of sp³-hybridized carbons (Fsp3) is 0.235. The van der Waals surface area contributed by atoms with Gasteiger partial charge in [-0.05, 0) is 38.1 Å². The molecule has 0 atom stereocenters. The van der Waals surface area contributed by atoms with Crippen LogP contribution in [0.1, 0.15) is 18.3 Å². The molecular weight excluding hydrogens is 313 g/mol. The van der Waals surface area contributed by atoms with Gasteiger partial charge >= 0.3 is 11.8 Å². The van der Waals surface area contributed by atoms with Crippen molar-refractivity contribution in [1.29, 1.82) is 0 Å². The van der Waals surface area contributed by atoms with Gasteiger partial charge in [0.2, 0.25) is 0 Å². The van der Waals surface area contributed by atoms with Crippen molar-refractivity contribution in [2.24, 2.45) is 0 Å². The maximum Gasteiger partial charge on any atom is 0.313 e. The highest BCUT2D eigenvalue weighted by molar-refractivity contribution is 6.39. The molecule has 0 aliphatic rings. The normalized spacial score (nSPS) is 10.1. The van der Waals surface area contributed by atoms with Crippen LogP contribution in [0.5, 0.6) is 5.75 Å². The summed E-state index contributed by atoms with van der Waals surface area (Å²) in [6.07, 6.45) is 0. The van der Waals surface area contributed by atoms with Crippen LogP contribution < -0.4 is 15.4 Å². The number of aromatic nitrogens is 1. The first kappa shape index (κ1) is 17.4. The van der Waals surface area contributed by atoms with Crippen molar-refractivity contribution in [2.75, 3.05) is 11.9 Å². The molecule has 1 aromatic heterocycles. The maximum absolute atomic E-state index is 13.2. The largest absolute Gasteiger partial charge is 0.492 e. The number of ether oxygens (including phenoxy) is 1. The number of carbonyl (C=O) groups is 2. The van der Waals surface area contributed by atoms with Crippen LogP contribution in [-0.4, -0.2) is 23.4 Å². The second-order valence-electron chi connectivity index (χ2n) is 4.98. The van der Waals surface area contributed by atoms with Gasteiger partial charge in [0.1, 0.15) is 11.6 Å². The maximum atomic E-state index is 13.2. The summed E-state index contributed by atoms with van der Waals surface area (Å²) >= 11 is 0. The third-order valence-electron chi connectivity index (χ3n) is 3.07. The summed E-state index contributed by atoms with van der Waals surface area (Å²) in [5.41, 5.74) is 1.69. The lowest BCUT2D eigenvalue weighted by atomic mass is 10.2. The van der Waals surface area contributed by atoms with Gasteiger partial charge in [0.15, 0.2) is 0 Å². The van der Waals surface area contributed by atoms with Crippen molar-refractivity contribution in [3.05, 3.63) is 53.6 Å². The molecule has 0 radical (unpaired) electrons. The molecule has 0 saturated carbocycles. The molecule has 1 heterocycles. The number of halogens is 1. The average molecular weight is 331 g/mol. The molecule has 0 aliphatic carbocycles. The molecule has 0 spiro atoms. The van der Waals surface area contributed by atoms with Crippen molar-refractivity contribution in [2.45, 2.75) is 20.4 Å². The summed E-state index contributed by atoms with van der Waals surface area (Å²) in [6, 6.07) is 9.06. The second-order valence-corrected chi connectivity index (χ2v) is 4.98. The SMILES string of the molecule is CCOc1cc(F)ccc1NC(=O)C(=O)NCc1cccc(C)n1. The van der Waals surface area contributed by atoms with Crippen LogP contribution in [0.3, 0.4) is 0 Å². The molecule has 24 heavy (non-hydrogen) atoms. The molecule has 0 fully saturated rings. The van der Waals surface area contributed by atoms with Crippen molar-refractivity contribution < 1.29 is 18.7 Å². The van der Waals surface area contributed by atoms with E-state index in [0.717, 1.165) is 11.8 Å². The highest BCUT2D eigenvalue weighted by atomic mass is 19.1. The Morgan fingerprint density at radius 2 is 2.00 bits per heavy atom. The smallest absolute Gasteiger partial charge is 0.313 e. The predicted molar refractivity (Wildman–Crippen MR) is 87.0 cm³/mol. The standard InChI is InChI=1S/C17H18FN3O3/c1-3-24-15-9-12(18)7-8-14(15)21-17(23)16(22)19-10-13-6-4-5-11(2)20-13/h4-9H,3,10H2,1-2H3,(H,19,22)(H,21,23). The van der Waals surface area contributed by atoms with Crippen LogP contribution in [0, 0.1) is 12.7 Å². The minimum absolute atomic E-state index is 0.135. The molecule has 2 rings (SSSR count). The summed E-state index contributed by atoms with van der Waals surface area (Å²) in [7, 11) is 0. The van der Waals surface area contributed by atoms with Gasteiger partial charge in [-0.1, -0.05) is 6.07 Å². The first-order valence-electron chi connectivity index (χ1n) is 7.43. The van der Waals surface area contributed by atoms with Gasteiger partial charge in [-0.25, -0.2) is 4.39 Å². The quantitative estimate of drug-likeness (QED) is 0.823. The van der Waals surface area contributed by atoms with Crippen LogP contribution in [0.15, 0.2) is 36.4 Å². The Morgan fingerprint density at radius 3 is 2.71 bits per heavy atom. The van der Waals surface area contributed by atoms with Crippen LogP contribution in [-0.2, 0) is 16.1 Å². The molecule has 126 valence electrons. The summed E-state index contributed by atoms with van der Waals surface area (Å²) in [5, 5.41) is 4.89. The van der Waals surface area contributed by atoms with Gasteiger partial charge in [0.05, 0.1) is 24.5 Å². The van der Waals surface area contributed by atoms with Gasteiger partial charge in [0.25, 0.3) is 0 Å². The van der Waals surface area contributed by atoms with E-state index >= 15 is 0 Å². The monoisotopic (exact) mass is 331 g/mol.